The zero-order valence-electron chi connectivity index (χ0n) is 13.1. The van der Waals surface area contributed by atoms with E-state index in [-0.39, 0.29) is 17.6 Å². The van der Waals surface area contributed by atoms with Crippen LogP contribution in [0.15, 0.2) is 48.5 Å². The first-order valence-corrected chi connectivity index (χ1v) is 8.44. The first-order valence-electron chi connectivity index (χ1n) is 7.62. The molecule has 0 unspecified atom stereocenters. The monoisotopic (exact) mass is 353 g/mol. The van der Waals surface area contributed by atoms with Gasteiger partial charge in [-0.2, -0.15) is 0 Å². The number of halogens is 1. The van der Waals surface area contributed by atoms with Gasteiger partial charge in [-0.3, -0.25) is 14.5 Å². The molecule has 1 aromatic heterocycles. The second-order valence-corrected chi connectivity index (χ2v) is 6.67. The molecule has 0 bridgehead atoms. The highest BCUT2D eigenvalue weighted by molar-refractivity contribution is 7.14. The lowest BCUT2D eigenvalue weighted by atomic mass is 10.1. The molecule has 0 radical (unpaired) electrons. The van der Waals surface area contributed by atoms with Crippen LogP contribution in [-0.4, -0.2) is 26.9 Å². The Balaban J connectivity index is 1.66. The summed E-state index contributed by atoms with van der Waals surface area (Å²) < 4.78 is 13.4. The third-order valence-electron chi connectivity index (χ3n) is 4.08. The second kappa shape index (κ2) is 5.86. The van der Waals surface area contributed by atoms with Gasteiger partial charge in [0.25, 0.3) is 11.8 Å². The number of fused-ring (bicyclic) bond motifs is 1. The summed E-state index contributed by atoms with van der Waals surface area (Å²) in [5.74, 6) is -1.03. The van der Waals surface area contributed by atoms with Gasteiger partial charge < -0.3 is 0 Å². The number of carbonyl (C=O) groups is 2. The van der Waals surface area contributed by atoms with Crippen LogP contribution < -0.4 is 0 Å². The number of nitrogens with zero attached hydrogens (tertiary/aromatic N) is 3. The predicted octanol–water partition coefficient (Wildman–Crippen LogP) is 3.70. The molecule has 0 saturated carbocycles. The van der Waals surface area contributed by atoms with Crippen LogP contribution in [0.2, 0.25) is 0 Å². The molecule has 1 atom stereocenters. The molecule has 0 spiro atoms. The Labute approximate surface area is 146 Å². The smallest absolute Gasteiger partial charge is 0.262 e. The van der Waals surface area contributed by atoms with E-state index in [2.05, 4.69) is 10.2 Å². The van der Waals surface area contributed by atoms with Crippen molar-refractivity contribution in [1.29, 1.82) is 0 Å². The van der Waals surface area contributed by atoms with Gasteiger partial charge in [0.1, 0.15) is 15.8 Å². The first kappa shape index (κ1) is 15.6. The molecule has 1 aliphatic heterocycles. The summed E-state index contributed by atoms with van der Waals surface area (Å²) in [7, 11) is 0. The Morgan fingerprint density at radius 3 is 2.32 bits per heavy atom. The van der Waals surface area contributed by atoms with Crippen molar-refractivity contribution in [2.24, 2.45) is 0 Å². The summed E-state index contributed by atoms with van der Waals surface area (Å²) >= 11 is 1.24. The summed E-state index contributed by atoms with van der Waals surface area (Å²) in [5, 5.41) is 9.23. The van der Waals surface area contributed by atoms with Crippen LogP contribution in [0.3, 0.4) is 0 Å². The fourth-order valence-corrected chi connectivity index (χ4v) is 3.69. The molecule has 0 N–H and O–H groups in total. The van der Waals surface area contributed by atoms with Crippen LogP contribution in [0.25, 0.3) is 10.6 Å². The van der Waals surface area contributed by atoms with Crippen LogP contribution in [-0.2, 0) is 0 Å². The second-order valence-electron chi connectivity index (χ2n) is 5.66. The van der Waals surface area contributed by atoms with Crippen molar-refractivity contribution in [3.63, 3.8) is 0 Å². The normalized spacial score (nSPS) is 14.7. The minimum Gasteiger partial charge on any atom is -0.269 e. The zero-order chi connectivity index (χ0) is 17.6. The fourth-order valence-electron chi connectivity index (χ4n) is 2.81. The summed E-state index contributed by atoms with van der Waals surface area (Å²) in [6, 6.07) is 12.2. The van der Waals surface area contributed by atoms with Crippen LogP contribution in [0.4, 0.5) is 4.39 Å². The maximum atomic E-state index is 13.4. The maximum Gasteiger partial charge on any atom is 0.262 e. The average molecular weight is 353 g/mol. The highest BCUT2D eigenvalue weighted by atomic mass is 32.1. The van der Waals surface area contributed by atoms with Crippen LogP contribution >= 0.6 is 11.3 Å². The third-order valence-corrected chi connectivity index (χ3v) is 5.22. The van der Waals surface area contributed by atoms with E-state index >= 15 is 0 Å². The molecule has 124 valence electrons. The van der Waals surface area contributed by atoms with Gasteiger partial charge in [-0.25, -0.2) is 4.39 Å². The van der Waals surface area contributed by atoms with Crippen molar-refractivity contribution in [1.82, 2.24) is 15.1 Å². The Kier molecular flexibility index (Phi) is 3.65. The van der Waals surface area contributed by atoms with E-state index in [0.717, 1.165) is 0 Å². The third kappa shape index (κ3) is 2.53. The molecule has 0 aliphatic carbocycles. The van der Waals surface area contributed by atoms with E-state index in [4.69, 9.17) is 0 Å². The van der Waals surface area contributed by atoms with Gasteiger partial charge in [0.15, 0.2) is 0 Å². The van der Waals surface area contributed by atoms with Crippen molar-refractivity contribution in [2.75, 3.05) is 0 Å². The summed E-state index contributed by atoms with van der Waals surface area (Å²) in [6.45, 7) is 1.73. The van der Waals surface area contributed by atoms with Crippen LogP contribution in [0, 0.1) is 5.82 Å². The Morgan fingerprint density at radius 1 is 1.00 bits per heavy atom. The highest BCUT2D eigenvalue weighted by Crippen LogP contribution is 2.34. The van der Waals surface area contributed by atoms with Crippen LogP contribution in [0.5, 0.6) is 0 Å². The molecule has 2 heterocycles. The number of benzene rings is 2. The van der Waals surface area contributed by atoms with Crippen molar-refractivity contribution >= 4 is 23.2 Å². The average Bonchev–Trinajstić information content (AvgIpc) is 3.20. The molecule has 5 nitrogen and oxygen atoms in total. The topological polar surface area (TPSA) is 63.2 Å². The number of hydrogen-bond acceptors (Lipinski definition) is 5. The van der Waals surface area contributed by atoms with Crippen molar-refractivity contribution < 1.29 is 14.0 Å². The van der Waals surface area contributed by atoms with E-state index in [1.165, 1.54) is 28.4 Å². The summed E-state index contributed by atoms with van der Waals surface area (Å²) in [6.07, 6.45) is 0. The van der Waals surface area contributed by atoms with E-state index in [9.17, 15) is 14.0 Å². The number of aromatic nitrogens is 2. The van der Waals surface area contributed by atoms with E-state index in [1.807, 2.05) is 0 Å². The summed E-state index contributed by atoms with van der Waals surface area (Å²) in [4.78, 5) is 26.3. The first-order chi connectivity index (χ1) is 12.1. The molecule has 2 amide bonds. The zero-order valence-corrected chi connectivity index (χ0v) is 14.0. The largest absolute Gasteiger partial charge is 0.269 e. The van der Waals surface area contributed by atoms with Crippen molar-refractivity contribution in [2.45, 2.75) is 13.0 Å². The van der Waals surface area contributed by atoms with Gasteiger partial charge >= 0.3 is 0 Å². The quantitative estimate of drug-likeness (QED) is 0.674. The van der Waals surface area contributed by atoms with Crippen LogP contribution in [0.1, 0.15) is 38.7 Å². The molecule has 0 fully saturated rings. The molecule has 4 rings (SSSR count). The molecule has 25 heavy (non-hydrogen) atoms. The number of imide groups is 1. The van der Waals surface area contributed by atoms with Gasteiger partial charge in [0.05, 0.1) is 17.2 Å². The van der Waals surface area contributed by atoms with E-state index in [1.54, 1.807) is 43.3 Å². The van der Waals surface area contributed by atoms with Gasteiger partial charge in [-0.15, -0.1) is 10.2 Å². The Bertz CT molecular complexity index is 966. The lowest BCUT2D eigenvalue weighted by Crippen LogP contribution is -2.32. The number of rotatable bonds is 3. The molecule has 1 aliphatic rings. The van der Waals surface area contributed by atoms with Gasteiger partial charge in [-0.05, 0) is 31.2 Å². The molecule has 0 saturated heterocycles. The van der Waals surface area contributed by atoms with Gasteiger partial charge in [0.2, 0.25) is 0 Å². The standard InChI is InChI=1S/C18H12FN3O2S/c1-10(22-17(23)13-7-2-3-8-14(13)18(22)24)15-20-21-16(25-15)11-5-4-6-12(19)9-11/h2-10H,1H3/t10-/m1/s1. The summed E-state index contributed by atoms with van der Waals surface area (Å²) in [5.41, 5.74) is 1.40. The van der Waals surface area contributed by atoms with Gasteiger partial charge in [0, 0.05) is 5.56 Å². The fraction of sp³-hybridized carbons (Fsp3) is 0.111. The van der Waals surface area contributed by atoms with Gasteiger partial charge in [-0.1, -0.05) is 35.6 Å². The predicted molar refractivity (Wildman–Crippen MR) is 90.7 cm³/mol. The number of carbonyl (C=O) groups excluding carboxylic acids is 2. The van der Waals surface area contributed by atoms with E-state index < -0.39 is 6.04 Å². The molecular formula is C18H12FN3O2S. The molecular weight excluding hydrogens is 341 g/mol. The SMILES string of the molecule is C[C@H](c1nnc(-c2cccc(F)c2)s1)N1C(=O)c2ccccc2C1=O. The minimum absolute atomic E-state index is 0.337. The minimum atomic E-state index is -0.549. The Morgan fingerprint density at radius 2 is 1.68 bits per heavy atom. The lowest BCUT2D eigenvalue weighted by molar-refractivity contribution is 0.0594. The maximum absolute atomic E-state index is 13.4. The number of hydrogen-bond donors (Lipinski definition) is 0. The molecule has 7 heteroatoms. The van der Waals surface area contributed by atoms with Crippen molar-refractivity contribution in [3.05, 3.63) is 70.5 Å². The van der Waals surface area contributed by atoms with Crippen molar-refractivity contribution in [3.8, 4) is 10.6 Å². The highest BCUT2D eigenvalue weighted by Gasteiger charge is 2.39. The molecule has 2 aromatic carbocycles. The van der Waals surface area contributed by atoms with E-state index in [0.29, 0.717) is 26.7 Å². The number of amides is 2. The Hall–Kier alpha value is -2.93. The molecule has 3 aromatic rings. The lowest BCUT2D eigenvalue weighted by Gasteiger charge is -2.19.